The van der Waals surface area contributed by atoms with Gasteiger partial charge in [0.1, 0.15) is 5.60 Å². The number of hydrogen-bond acceptors (Lipinski definition) is 4. The molecule has 0 saturated carbocycles. The van der Waals surface area contributed by atoms with Gasteiger partial charge in [-0.1, -0.05) is 12.1 Å². The minimum absolute atomic E-state index is 0.423. The van der Waals surface area contributed by atoms with Gasteiger partial charge in [0, 0.05) is 18.3 Å². The Morgan fingerprint density at radius 2 is 1.86 bits per heavy atom. The summed E-state index contributed by atoms with van der Waals surface area (Å²) in [4.78, 5) is 11.7. The molecule has 3 N–H and O–H groups in total. The molecule has 1 aliphatic heterocycles. The predicted octanol–water partition coefficient (Wildman–Crippen LogP) is 2.88. The van der Waals surface area contributed by atoms with Crippen molar-refractivity contribution in [2.75, 3.05) is 18.4 Å². The largest absolute Gasteiger partial charge is 0.444 e. The monoisotopic (exact) mass is 305 g/mol. The summed E-state index contributed by atoms with van der Waals surface area (Å²) in [5, 5.41) is 9.68. The summed E-state index contributed by atoms with van der Waals surface area (Å²) in [5.74, 6) is 0. The lowest BCUT2D eigenvalue weighted by Gasteiger charge is -2.23. The molecule has 1 aromatic rings. The van der Waals surface area contributed by atoms with Crippen LogP contribution in [0.5, 0.6) is 0 Å². The molecule has 0 aliphatic carbocycles. The molecular formula is C17H27N3O2. The van der Waals surface area contributed by atoms with Crippen LogP contribution in [0.1, 0.15) is 39.2 Å². The Morgan fingerprint density at radius 1 is 1.23 bits per heavy atom. The van der Waals surface area contributed by atoms with Crippen LogP contribution in [0, 0.1) is 0 Å². The highest BCUT2D eigenvalue weighted by molar-refractivity contribution is 5.84. The standard InChI is InChI=1S/C17H27N3O2/c1-17(2,3)22-16(21)20-15-6-4-13(5-7-15)12-19-14-8-10-18-11-9-14/h4-7,14,18-19H,8-12H2,1-3H3,(H,20,21). The Hall–Kier alpha value is -1.59. The minimum atomic E-state index is -0.483. The van der Waals surface area contributed by atoms with Gasteiger partial charge in [-0.05, 0) is 64.4 Å². The maximum atomic E-state index is 11.7. The fourth-order valence-electron chi connectivity index (χ4n) is 2.42. The van der Waals surface area contributed by atoms with Gasteiger partial charge in [0.2, 0.25) is 0 Å². The Labute approximate surface area is 132 Å². The van der Waals surface area contributed by atoms with Gasteiger partial charge < -0.3 is 15.4 Å². The number of carbonyl (C=O) groups excluding carboxylic acids is 1. The quantitative estimate of drug-likeness (QED) is 0.800. The Bertz CT molecular complexity index is 474. The van der Waals surface area contributed by atoms with Crippen LogP contribution in [0.3, 0.4) is 0 Å². The summed E-state index contributed by atoms with van der Waals surface area (Å²) in [6.07, 6.45) is 1.93. The molecule has 0 aromatic heterocycles. The summed E-state index contributed by atoms with van der Waals surface area (Å²) in [5.41, 5.74) is 1.48. The fraction of sp³-hybridized carbons (Fsp3) is 0.588. The number of piperidine rings is 1. The third kappa shape index (κ3) is 6.03. The average Bonchev–Trinajstić information content (AvgIpc) is 2.45. The number of ether oxygens (including phenoxy) is 1. The van der Waals surface area contributed by atoms with E-state index in [0.717, 1.165) is 25.3 Å². The van der Waals surface area contributed by atoms with Gasteiger partial charge in [0.25, 0.3) is 0 Å². The van der Waals surface area contributed by atoms with Crippen molar-refractivity contribution in [2.24, 2.45) is 0 Å². The zero-order valence-electron chi connectivity index (χ0n) is 13.7. The highest BCUT2D eigenvalue weighted by atomic mass is 16.6. The van der Waals surface area contributed by atoms with E-state index in [0.29, 0.717) is 6.04 Å². The number of rotatable bonds is 4. The molecule has 0 unspecified atom stereocenters. The van der Waals surface area contributed by atoms with Gasteiger partial charge in [0.15, 0.2) is 0 Å². The molecule has 1 aliphatic rings. The summed E-state index contributed by atoms with van der Waals surface area (Å²) in [6, 6.07) is 8.47. The third-order valence-electron chi connectivity index (χ3n) is 3.53. The van der Waals surface area contributed by atoms with Crippen LogP contribution in [-0.4, -0.2) is 30.8 Å². The second kappa shape index (κ2) is 7.61. The first kappa shape index (κ1) is 16.8. The molecule has 1 aromatic carbocycles. The Morgan fingerprint density at radius 3 is 2.45 bits per heavy atom. The first-order valence-corrected chi connectivity index (χ1v) is 7.95. The van der Waals surface area contributed by atoms with Crippen molar-refractivity contribution in [2.45, 2.75) is 51.8 Å². The molecular weight excluding hydrogens is 278 g/mol. The topological polar surface area (TPSA) is 62.4 Å². The molecule has 0 bridgehead atoms. The van der Waals surface area contributed by atoms with Crippen LogP contribution in [0.4, 0.5) is 10.5 Å². The summed E-state index contributed by atoms with van der Waals surface area (Å²) >= 11 is 0. The van der Waals surface area contributed by atoms with Crippen molar-refractivity contribution in [1.82, 2.24) is 10.6 Å². The Balaban J connectivity index is 1.78. The number of hydrogen-bond donors (Lipinski definition) is 3. The molecule has 0 radical (unpaired) electrons. The second-order valence-corrected chi connectivity index (χ2v) is 6.73. The van der Waals surface area contributed by atoms with Crippen molar-refractivity contribution in [3.63, 3.8) is 0 Å². The van der Waals surface area contributed by atoms with E-state index in [1.54, 1.807) is 0 Å². The fourth-order valence-corrected chi connectivity index (χ4v) is 2.42. The summed E-state index contributed by atoms with van der Waals surface area (Å²) in [7, 11) is 0. The van der Waals surface area contributed by atoms with Crippen molar-refractivity contribution >= 4 is 11.8 Å². The van der Waals surface area contributed by atoms with Crippen molar-refractivity contribution < 1.29 is 9.53 Å². The molecule has 122 valence electrons. The molecule has 5 heteroatoms. The number of carbonyl (C=O) groups is 1. The second-order valence-electron chi connectivity index (χ2n) is 6.73. The molecule has 1 heterocycles. The number of anilines is 1. The van der Waals surface area contributed by atoms with E-state index in [9.17, 15) is 4.79 Å². The molecule has 2 rings (SSSR count). The van der Waals surface area contributed by atoms with Crippen LogP contribution < -0.4 is 16.0 Å². The van der Waals surface area contributed by atoms with E-state index >= 15 is 0 Å². The summed E-state index contributed by atoms with van der Waals surface area (Å²) < 4.78 is 5.23. The van der Waals surface area contributed by atoms with Crippen LogP contribution in [0.25, 0.3) is 0 Å². The normalized spacial score (nSPS) is 16.3. The first-order valence-electron chi connectivity index (χ1n) is 7.95. The highest BCUT2D eigenvalue weighted by Crippen LogP contribution is 2.13. The summed E-state index contributed by atoms with van der Waals surface area (Å²) in [6.45, 7) is 8.59. The maximum absolute atomic E-state index is 11.7. The Kier molecular flexibility index (Phi) is 5.80. The lowest BCUT2D eigenvalue weighted by atomic mass is 10.1. The molecule has 0 atom stereocenters. The van der Waals surface area contributed by atoms with Crippen molar-refractivity contribution in [3.8, 4) is 0 Å². The van der Waals surface area contributed by atoms with E-state index < -0.39 is 11.7 Å². The minimum Gasteiger partial charge on any atom is -0.444 e. The van der Waals surface area contributed by atoms with E-state index in [2.05, 4.69) is 16.0 Å². The number of nitrogens with one attached hydrogen (secondary N) is 3. The van der Waals surface area contributed by atoms with E-state index in [1.807, 2.05) is 45.0 Å². The zero-order valence-corrected chi connectivity index (χ0v) is 13.7. The first-order chi connectivity index (χ1) is 10.4. The molecule has 1 fully saturated rings. The molecule has 22 heavy (non-hydrogen) atoms. The van der Waals surface area contributed by atoms with Gasteiger partial charge in [0.05, 0.1) is 0 Å². The van der Waals surface area contributed by atoms with Crippen LogP contribution in [0.15, 0.2) is 24.3 Å². The lowest BCUT2D eigenvalue weighted by Crippen LogP contribution is -2.39. The smallest absolute Gasteiger partial charge is 0.412 e. The maximum Gasteiger partial charge on any atom is 0.412 e. The number of amides is 1. The van der Waals surface area contributed by atoms with Gasteiger partial charge in [-0.25, -0.2) is 4.79 Å². The van der Waals surface area contributed by atoms with Gasteiger partial charge in [-0.2, -0.15) is 0 Å². The van der Waals surface area contributed by atoms with Crippen LogP contribution in [-0.2, 0) is 11.3 Å². The van der Waals surface area contributed by atoms with Crippen molar-refractivity contribution in [3.05, 3.63) is 29.8 Å². The van der Waals surface area contributed by atoms with E-state index in [4.69, 9.17) is 4.74 Å². The number of benzene rings is 1. The van der Waals surface area contributed by atoms with Gasteiger partial charge in [-0.3, -0.25) is 5.32 Å². The van der Waals surface area contributed by atoms with E-state index in [1.165, 1.54) is 18.4 Å². The van der Waals surface area contributed by atoms with Crippen molar-refractivity contribution in [1.29, 1.82) is 0 Å². The van der Waals surface area contributed by atoms with E-state index in [-0.39, 0.29) is 0 Å². The lowest BCUT2D eigenvalue weighted by molar-refractivity contribution is 0.0636. The highest BCUT2D eigenvalue weighted by Gasteiger charge is 2.16. The molecule has 1 amide bonds. The molecule has 5 nitrogen and oxygen atoms in total. The zero-order chi connectivity index (χ0) is 16.0. The predicted molar refractivity (Wildman–Crippen MR) is 89.0 cm³/mol. The third-order valence-corrected chi connectivity index (χ3v) is 3.53. The van der Waals surface area contributed by atoms with Crippen LogP contribution in [0.2, 0.25) is 0 Å². The average molecular weight is 305 g/mol. The molecule has 0 spiro atoms. The van der Waals surface area contributed by atoms with Gasteiger partial charge >= 0.3 is 6.09 Å². The van der Waals surface area contributed by atoms with Gasteiger partial charge in [-0.15, -0.1) is 0 Å². The SMILES string of the molecule is CC(C)(C)OC(=O)Nc1ccc(CNC2CCNCC2)cc1. The molecule has 1 saturated heterocycles. The van der Waals surface area contributed by atoms with Crippen LogP contribution >= 0.6 is 0 Å².